The molecule has 2 nitrogen and oxygen atoms in total. The highest BCUT2D eigenvalue weighted by molar-refractivity contribution is 4.79. The molecule has 0 saturated carbocycles. The molecule has 84 valence electrons. The van der Waals surface area contributed by atoms with E-state index in [4.69, 9.17) is 5.11 Å². The van der Waals surface area contributed by atoms with Crippen LogP contribution < -0.4 is 0 Å². The summed E-state index contributed by atoms with van der Waals surface area (Å²) in [7, 11) is 0. The van der Waals surface area contributed by atoms with Crippen molar-refractivity contribution < 1.29 is 5.11 Å². The van der Waals surface area contributed by atoms with Crippen molar-refractivity contribution in [3.8, 4) is 0 Å². The molecule has 1 saturated heterocycles. The number of hydrogen-bond acceptors (Lipinski definition) is 2. The van der Waals surface area contributed by atoms with E-state index in [1.165, 1.54) is 38.8 Å². The molecule has 1 N–H and O–H groups in total. The van der Waals surface area contributed by atoms with Crippen LogP contribution >= 0.6 is 0 Å². The molecule has 1 aliphatic rings. The van der Waals surface area contributed by atoms with Gasteiger partial charge in [0.25, 0.3) is 0 Å². The molecule has 1 rings (SSSR count). The first-order chi connectivity index (χ1) is 6.77. The van der Waals surface area contributed by atoms with Gasteiger partial charge in [0.05, 0.1) is 0 Å². The summed E-state index contributed by atoms with van der Waals surface area (Å²) in [6.07, 6.45) is 6.14. The Morgan fingerprint density at radius 2 is 2.29 bits per heavy atom. The van der Waals surface area contributed by atoms with Crippen molar-refractivity contribution in [3.05, 3.63) is 0 Å². The van der Waals surface area contributed by atoms with Crippen molar-refractivity contribution in [3.63, 3.8) is 0 Å². The minimum Gasteiger partial charge on any atom is -0.396 e. The molecule has 0 bridgehead atoms. The maximum absolute atomic E-state index is 8.82. The molecule has 0 radical (unpaired) electrons. The molecule has 1 heterocycles. The first-order valence-electron chi connectivity index (χ1n) is 6.12. The SMILES string of the molecule is CCC(C)CN1CCCC1CCCO. The van der Waals surface area contributed by atoms with E-state index < -0.39 is 0 Å². The van der Waals surface area contributed by atoms with E-state index in [-0.39, 0.29) is 0 Å². The topological polar surface area (TPSA) is 23.5 Å². The highest BCUT2D eigenvalue weighted by Gasteiger charge is 2.24. The molecule has 2 heteroatoms. The van der Waals surface area contributed by atoms with Crippen LogP contribution in [0.5, 0.6) is 0 Å². The summed E-state index contributed by atoms with van der Waals surface area (Å²) in [5.41, 5.74) is 0. The van der Waals surface area contributed by atoms with Gasteiger partial charge in [0, 0.05) is 19.2 Å². The van der Waals surface area contributed by atoms with Gasteiger partial charge in [0.1, 0.15) is 0 Å². The Kier molecular flexibility index (Phi) is 5.49. The zero-order valence-corrected chi connectivity index (χ0v) is 9.71. The normalized spacial score (nSPS) is 25.5. The van der Waals surface area contributed by atoms with Crippen molar-refractivity contribution in [2.24, 2.45) is 5.92 Å². The number of nitrogens with zero attached hydrogens (tertiary/aromatic N) is 1. The largest absolute Gasteiger partial charge is 0.396 e. The Hall–Kier alpha value is -0.0800. The van der Waals surface area contributed by atoms with Crippen LogP contribution in [-0.4, -0.2) is 35.7 Å². The van der Waals surface area contributed by atoms with Gasteiger partial charge in [-0.25, -0.2) is 0 Å². The first-order valence-corrected chi connectivity index (χ1v) is 6.12. The molecule has 14 heavy (non-hydrogen) atoms. The van der Waals surface area contributed by atoms with Gasteiger partial charge in [-0.3, -0.25) is 0 Å². The Labute approximate surface area is 88.3 Å². The van der Waals surface area contributed by atoms with Crippen LogP contribution in [0.1, 0.15) is 46.0 Å². The van der Waals surface area contributed by atoms with Crippen molar-refractivity contribution >= 4 is 0 Å². The smallest absolute Gasteiger partial charge is 0.0431 e. The van der Waals surface area contributed by atoms with Crippen LogP contribution in [0.3, 0.4) is 0 Å². The van der Waals surface area contributed by atoms with E-state index in [1.54, 1.807) is 0 Å². The van der Waals surface area contributed by atoms with Crippen LogP contribution in [-0.2, 0) is 0 Å². The van der Waals surface area contributed by atoms with Crippen LogP contribution in [0.4, 0.5) is 0 Å². The van der Waals surface area contributed by atoms with Gasteiger partial charge >= 0.3 is 0 Å². The van der Waals surface area contributed by atoms with Gasteiger partial charge in [-0.05, 0) is 38.1 Å². The minimum absolute atomic E-state index is 0.355. The van der Waals surface area contributed by atoms with Crippen LogP contribution in [0, 0.1) is 5.92 Å². The third kappa shape index (κ3) is 3.58. The number of aliphatic hydroxyl groups is 1. The Morgan fingerprint density at radius 1 is 1.50 bits per heavy atom. The molecule has 0 aliphatic carbocycles. The molecule has 0 spiro atoms. The summed E-state index contributed by atoms with van der Waals surface area (Å²) in [5, 5.41) is 8.82. The summed E-state index contributed by atoms with van der Waals surface area (Å²) < 4.78 is 0. The second-order valence-corrected chi connectivity index (χ2v) is 4.67. The fourth-order valence-electron chi connectivity index (χ4n) is 2.32. The van der Waals surface area contributed by atoms with E-state index in [1.807, 2.05) is 0 Å². The van der Waals surface area contributed by atoms with Crippen molar-refractivity contribution in [1.82, 2.24) is 4.90 Å². The van der Waals surface area contributed by atoms with Gasteiger partial charge in [-0.2, -0.15) is 0 Å². The zero-order valence-electron chi connectivity index (χ0n) is 9.71. The maximum Gasteiger partial charge on any atom is 0.0431 e. The molecular formula is C12H25NO. The third-order valence-electron chi connectivity index (χ3n) is 3.44. The average molecular weight is 199 g/mol. The van der Waals surface area contributed by atoms with Gasteiger partial charge in [-0.1, -0.05) is 20.3 Å². The lowest BCUT2D eigenvalue weighted by atomic mass is 10.1. The third-order valence-corrected chi connectivity index (χ3v) is 3.44. The number of rotatable bonds is 6. The maximum atomic E-state index is 8.82. The van der Waals surface area contributed by atoms with Gasteiger partial charge in [0.2, 0.25) is 0 Å². The minimum atomic E-state index is 0.355. The lowest BCUT2D eigenvalue weighted by Crippen LogP contribution is -2.33. The van der Waals surface area contributed by atoms with E-state index in [0.717, 1.165) is 18.4 Å². The summed E-state index contributed by atoms with van der Waals surface area (Å²) >= 11 is 0. The van der Waals surface area contributed by atoms with E-state index in [9.17, 15) is 0 Å². The lowest BCUT2D eigenvalue weighted by Gasteiger charge is -2.26. The molecule has 0 amide bonds. The monoisotopic (exact) mass is 199 g/mol. The van der Waals surface area contributed by atoms with Crippen LogP contribution in [0.15, 0.2) is 0 Å². The number of aliphatic hydroxyl groups excluding tert-OH is 1. The Balaban J connectivity index is 2.27. The average Bonchev–Trinajstić information content (AvgIpc) is 2.62. The van der Waals surface area contributed by atoms with Gasteiger partial charge in [-0.15, -0.1) is 0 Å². The van der Waals surface area contributed by atoms with E-state index in [2.05, 4.69) is 18.7 Å². The predicted octanol–water partition coefficient (Wildman–Crippen LogP) is 2.27. The van der Waals surface area contributed by atoms with Crippen molar-refractivity contribution in [1.29, 1.82) is 0 Å². The second-order valence-electron chi connectivity index (χ2n) is 4.67. The predicted molar refractivity (Wildman–Crippen MR) is 60.4 cm³/mol. The Morgan fingerprint density at radius 3 is 2.93 bits per heavy atom. The molecule has 1 fully saturated rings. The molecule has 0 aromatic heterocycles. The van der Waals surface area contributed by atoms with Crippen LogP contribution in [0.25, 0.3) is 0 Å². The highest BCUT2D eigenvalue weighted by Crippen LogP contribution is 2.22. The zero-order chi connectivity index (χ0) is 10.4. The molecule has 0 aromatic carbocycles. The Bertz CT molecular complexity index is 149. The summed E-state index contributed by atoms with van der Waals surface area (Å²) in [5.74, 6) is 0.824. The van der Waals surface area contributed by atoms with Crippen LogP contribution in [0.2, 0.25) is 0 Å². The standard InChI is InChI=1S/C12H25NO/c1-3-11(2)10-13-8-4-6-12(13)7-5-9-14/h11-12,14H,3-10H2,1-2H3. The molecule has 1 aliphatic heterocycles. The lowest BCUT2D eigenvalue weighted by molar-refractivity contribution is 0.193. The number of likely N-dealkylation sites (tertiary alicyclic amines) is 1. The fourth-order valence-corrected chi connectivity index (χ4v) is 2.32. The van der Waals surface area contributed by atoms with Crippen molar-refractivity contribution in [2.75, 3.05) is 19.7 Å². The van der Waals surface area contributed by atoms with E-state index in [0.29, 0.717) is 6.61 Å². The fraction of sp³-hybridized carbons (Fsp3) is 1.00. The molecule has 0 aromatic rings. The summed E-state index contributed by atoms with van der Waals surface area (Å²) in [6, 6.07) is 0.760. The molecular weight excluding hydrogens is 174 g/mol. The summed E-state index contributed by atoms with van der Waals surface area (Å²) in [4.78, 5) is 2.63. The first kappa shape index (κ1) is 12.0. The van der Waals surface area contributed by atoms with Crippen molar-refractivity contribution in [2.45, 2.75) is 52.0 Å². The number of hydrogen-bond donors (Lipinski definition) is 1. The summed E-state index contributed by atoms with van der Waals surface area (Å²) in [6.45, 7) is 7.49. The quantitative estimate of drug-likeness (QED) is 0.709. The molecule has 2 atom stereocenters. The van der Waals surface area contributed by atoms with E-state index >= 15 is 0 Å². The molecule has 2 unspecified atom stereocenters. The highest BCUT2D eigenvalue weighted by atomic mass is 16.2. The van der Waals surface area contributed by atoms with Gasteiger partial charge in [0.15, 0.2) is 0 Å². The van der Waals surface area contributed by atoms with Gasteiger partial charge < -0.3 is 10.0 Å². The second kappa shape index (κ2) is 6.41.